The number of H-pyrrole nitrogens is 1. The van der Waals surface area contributed by atoms with Crippen molar-refractivity contribution in [3.8, 4) is 22.9 Å². The topological polar surface area (TPSA) is 127 Å². The van der Waals surface area contributed by atoms with Gasteiger partial charge in [0.1, 0.15) is 5.52 Å². The minimum Gasteiger partial charge on any atom is -0.436 e. The second-order valence-electron chi connectivity index (χ2n) is 8.03. The van der Waals surface area contributed by atoms with E-state index in [1.165, 1.54) is 12.1 Å². The molecule has 0 unspecified atom stereocenters. The van der Waals surface area contributed by atoms with Gasteiger partial charge in [-0.1, -0.05) is 18.2 Å². The predicted molar refractivity (Wildman–Crippen MR) is 123 cm³/mol. The summed E-state index contributed by atoms with van der Waals surface area (Å²) in [6.45, 7) is 3.15. The summed E-state index contributed by atoms with van der Waals surface area (Å²) in [5, 5.41) is 2.18. The zero-order valence-corrected chi connectivity index (χ0v) is 18.3. The third-order valence-electron chi connectivity index (χ3n) is 5.61. The Morgan fingerprint density at radius 2 is 1.77 bits per heavy atom. The molecule has 0 bridgehead atoms. The Hall–Kier alpha value is -4.19. The lowest BCUT2D eigenvalue weighted by molar-refractivity contribution is -0.655. The lowest BCUT2D eigenvalue weighted by atomic mass is 10.1. The lowest BCUT2D eigenvalue weighted by Gasteiger charge is -2.25. The Morgan fingerprint density at radius 3 is 2.49 bits per heavy atom. The maximum absolute atomic E-state index is 13.0. The number of anilines is 2. The van der Waals surface area contributed by atoms with Crippen LogP contribution in [0.25, 0.3) is 22.3 Å². The molecular weight excluding hydrogens is 463 g/mol. The van der Waals surface area contributed by atoms with Gasteiger partial charge in [-0.05, 0) is 24.3 Å². The number of piperazine rings is 1. The van der Waals surface area contributed by atoms with Crippen LogP contribution in [0.3, 0.4) is 0 Å². The Bertz CT molecular complexity index is 1430. The summed E-state index contributed by atoms with van der Waals surface area (Å²) in [6, 6.07) is 11.3. The van der Waals surface area contributed by atoms with Crippen molar-refractivity contribution in [1.82, 2.24) is 19.9 Å². The van der Waals surface area contributed by atoms with E-state index >= 15 is 0 Å². The third kappa shape index (κ3) is 4.73. The number of benzene rings is 2. The molecule has 1 aliphatic rings. The number of para-hydroxylation sites is 1. The maximum Gasteiger partial charge on any atom is 0.416 e. The molecule has 5 rings (SSSR count). The number of nitrogens with two attached hydrogens (primary N) is 2. The van der Waals surface area contributed by atoms with Gasteiger partial charge in [-0.3, -0.25) is 4.79 Å². The van der Waals surface area contributed by atoms with Gasteiger partial charge in [0.05, 0.1) is 43.0 Å². The molecule has 3 heterocycles. The summed E-state index contributed by atoms with van der Waals surface area (Å²) in [7, 11) is 0. The third-order valence-corrected chi connectivity index (χ3v) is 5.61. The number of hydrogen-bond acceptors (Lipinski definition) is 7. The van der Waals surface area contributed by atoms with Crippen LogP contribution in [0.4, 0.5) is 24.9 Å². The molecule has 0 spiro atoms. The van der Waals surface area contributed by atoms with Crippen molar-refractivity contribution in [1.29, 1.82) is 0 Å². The summed E-state index contributed by atoms with van der Waals surface area (Å²) < 4.78 is 45.1. The van der Waals surface area contributed by atoms with Crippen LogP contribution in [0.15, 0.2) is 53.3 Å². The number of hydrogen-bond donors (Lipinski definition) is 3. The number of rotatable bonds is 4. The van der Waals surface area contributed by atoms with Crippen LogP contribution in [0.2, 0.25) is 0 Å². The molecule has 1 saturated heterocycles. The molecule has 1 aliphatic heterocycles. The summed E-state index contributed by atoms with van der Waals surface area (Å²) in [5.74, 6) is 0.692. The first-order chi connectivity index (χ1) is 16.8. The molecule has 0 saturated carbocycles. The Kier molecular flexibility index (Phi) is 5.73. The van der Waals surface area contributed by atoms with Gasteiger partial charge in [0.2, 0.25) is 11.8 Å². The number of alkyl halides is 3. The molecule has 4 aromatic rings. The van der Waals surface area contributed by atoms with E-state index in [2.05, 4.69) is 25.3 Å². The fourth-order valence-corrected chi connectivity index (χ4v) is 3.83. The molecular formula is C23H21F3N7O2+. The van der Waals surface area contributed by atoms with Gasteiger partial charge in [0.15, 0.2) is 11.6 Å². The van der Waals surface area contributed by atoms with Crippen LogP contribution in [-0.4, -0.2) is 46.1 Å². The smallest absolute Gasteiger partial charge is 0.416 e. The number of ether oxygens (including phenoxy) is 1. The molecule has 35 heavy (non-hydrogen) atoms. The minimum absolute atomic E-state index is 0.179. The van der Waals surface area contributed by atoms with Gasteiger partial charge in [-0.15, -0.1) is 0 Å². The highest BCUT2D eigenvalue weighted by Gasteiger charge is 2.30. The van der Waals surface area contributed by atoms with Crippen molar-refractivity contribution in [2.45, 2.75) is 6.18 Å². The molecule has 0 radical (unpaired) electrons. The van der Waals surface area contributed by atoms with Crippen molar-refractivity contribution >= 4 is 22.8 Å². The standard InChI is InChI=1S/C23H20F3N7O2/c24-23(25,26)14-6-4-13(5-7-14)16-12-18(31-22(30-16)33-10-8-28-9-11-33)35-17-3-1-2-15-19(17)32-20(27)21(34)29-15/h1-7,12,28H,8-11H2,(H2,27,32)(H,29,34)/p+1. The van der Waals surface area contributed by atoms with Crippen LogP contribution < -0.4 is 26.2 Å². The van der Waals surface area contributed by atoms with Gasteiger partial charge in [0.25, 0.3) is 5.56 Å². The Balaban J connectivity index is 1.57. The number of nitrogens with zero attached hydrogens (tertiary/aromatic N) is 4. The first-order valence-corrected chi connectivity index (χ1v) is 10.9. The summed E-state index contributed by atoms with van der Waals surface area (Å²) in [5.41, 5.74) is 6.11. The Morgan fingerprint density at radius 1 is 1.03 bits per heavy atom. The normalized spacial score (nSPS) is 14.3. The minimum atomic E-state index is -4.43. The molecule has 0 aliphatic carbocycles. The average molecular weight is 484 g/mol. The molecule has 2 aromatic carbocycles. The highest BCUT2D eigenvalue weighted by molar-refractivity contribution is 5.82. The van der Waals surface area contributed by atoms with Gasteiger partial charge >= 0.3 is 6.18 Å². The van der Waals surface area contributed by atoms with Crippen molar-refractivity contribution in [2.75, 3.05) is 36.8 Å². The number of aromatic nitrogens is 4. The van der Waals surface area contributed by atoms with Crippen LogP contribution in [0.1, 0.15) is 5.56 Å². The molecule has 0 amide bonds. The van der Waals surface area contributed by atoms with Crippen LogP contribution in [0, 0.1) is 0 Å². The van der Waals surface area contributed by atoms with Crippen LogP contribution >= 0.6 is 0 Å². The number of aromatic amines is 1. The van der Waals surface area contributed by atoms with Crippen molar-refractivity contribution < 1.29 is 23.2 Å². The SMILES string of the molecule is Nc1nc2c(Oc3cc(-c4ccc(C(F)(F)F)cc4)nc(N4CC[NH2+]CC4)n3)cccc2[nH]c1=O. The molecule has 1 fully saturated rings. The molecule has 2 aromatic heterocycles. The molecule has 9 nitrogen and oxygen atoms in total. The molecule has 180 valence electrons. The van der Waals surface area contributed by atoms with Crippen molar-refractivity contribution in [3.63, 3.8) is 0 Å². The van der Waals surface area contributed by atoms with Crippen molar-refractivity contribution in [2.24, 2.45) is 0 Å². The van der Waals surface area contributed by atoms with E-state index in [1.54, 1.807) is 24.3 Å². The van der Waals surface area contributed by atoms with E-state index in [9.17, 15) is 18.0 Å². The largest absolute Gasteiger partial charge is 0.436 e. The zero-order chi connectivity index (χ0) is 24.6. The number of nitrogen functional groups attached to an aromatic ring is 1. The quantitative estimate of drug-likeness (QED) is 0.405. The second-order valence-corrected chi connectivity index (χ2v) is 8.03. The fraction of sp³-hybridized carbons (Fsp3) is 0.217. The highest BCUT2D eigenvalue weighted by Crippen LogP contribution is 2.33. The van der Waals surface area contributed by atoms with Gasteiger partial charge < -0.3 is 25.7 Å². The van der Waals surface area contributed by atoms with Crippen LogP contribution in [0.5, 0.6) is 11.6 Å². The first kappa shape index (κ1) is 22.6. The Labute approximate surface area is 196 Å². The highest BCUT2D eigenvalue weighted by atomic mass is 19.4. The number of nitrogens with one attached hydrogen (secondary N) is 1. The van der Waals surface area contributed by atoms with E-state index in [0.717, 1.165) is 25.2 Å². The van der Waals surface area contributed by atoms with Crippen LogP contribution in [-0.2, 0) is 6.18 Å². The average Bonchev–Trinajstić information content (AvgIpc) is 2.85. The molecule has 0 atom stereocenters. The van der Waals surface area contributed by atoms with E-state index in [-0.39, 0.29) is 11.7 Å². The second kappa shape index (κ2) is 8.87. The summed E-state index contributed by atoms with van der Waals surface area (Å²) in [6.07, 6.45) is -4.43. The van der Waals surface area contributed by atoms with Crippen molar-refractivity contribution in [3.05, 3.63) is 64.4 Å². The monoisotopic (exact) mass is 484 g/mol. The van der Waals surface area contributed by atoms with Gasteiger partial charge in [-0.2, -0.15) is 18.2 Å². The summed E-state index contributed by atoms with van der Waals surface area (Å²) in [4.78, 5) is 29.8. The number of fused-ring (bicyclic) bond motifs is 1. The van der Waals surface area contributed by atoms with E-state index in [4.69, 9.17) is 10.5 Å². The lowest BCUT2D eigenvalue weighted by Crippen LogP contribution is -2.89. The molecule has 12 heteroatoms. The summed E-state index contributed by atoms with van der Waals surface area (Å²) >= 11 is 0. The number of halogens is 3. The van der Waals surface area contributed by atoms with Gasteiger partial charge in [0, 0.05) is 11.6 Å². The fourth-order valence-electron chi connectivity index (χ4n) is 3.83. The maximum atomic E-state index is 13.0. The van der Waals surface area contributed by atoms with E-state index < -0.39 is 17.3 Å². The zero-order valence-electron chi connectivity index (χ0n) is 18.3. The molecule has 5 N–H and O–H groups in total. The predicted octanol–water partition coefficient (Wildman–Crippen LogP) is 2.16. The van der Waals surface area contributed by atoms with E-state index in [0.29, 0.717) is 47.1 Å². The van der Waals surface area contributed by atoms with E-state index in [1.807, 2.05) is 4.90 Å². The van der Waals surface area contributed by atoms with Gasteiger partial charge in [-0.25, -0.2) is 9.97 Å². The number of quaternary nitrogens is 1. The first-order valence-electron chi connectivity index (χ1n) is 10.9.